The molecule has 1 saturated heterocycles. The van der Waals surface area contributed by atoms with Crippen LogP contribution in [0, 0.1) is 5.92 Å². The second kappa shape index (κ2) is 7.19. The third kappa shape index (κ3) is 4.05. The van der Waals surface area contributed by atoms with E-state index in [9.17, 15) is 9.59 Å². The quantitative estimate of drug-likeness (QED) is 0.731. The number of nitrogens with zero attached hydrogens (tertiary/aromatic N) is 3. The van der Waals surface area contributed by atoms with Crippen LogP contribution >= 0.6 is 0 Å². The van der Waals surface area contributed by atoms with Gasteiger partial charge in [0.05, 0.1) is 31.2 Å². The first-order valence-corrected chi connectivity index (χ1v) is 9.22. The van der Waals surface area contributed by atoms with Crippen LogP contribution in [-0.2, 0) is 19.1 Å². The molecule has 1 aromatic heterocycles. The van der Waals surface area contributed by atoms with Crippen LogP contribution in [0.15, 0.2) is 30.6 Å². The highest BCUT2D eigenvalue weighted by molar-refractivity contribution is 5.93. The number of carbonyl (C=O) groups excluding carboxylic acids is 2. The normalized spacial score (nSPS) is 22.8. The molecule has 1 aliphatic carbocycles. The van der Waals surface area contributed by atoms with Crippen molar-refractivity contribution in [3.63, 3.8) is 0 Å². The van der Waals surface area contributed by atoms with Gasteiger partial charge in [0.15, 0.2) is 0 Å². The van der Waals surface area contributed by atoms with Gasteiger partial charge in [-0.25, -0.2) is 9.59 Å². The zero-order chi connectivity index (χ0) is 18.9. The predicted molar refractivity (Wildman–Crippen MR) is 96.0 cm³/mol. The summed E-state index contributed by atoms with van der Waals surface area (Å²) in [5, 5.41) is 0. The molecule has 8 nitrogen and oxygen atoms in total. The molecule has 1 aromatic rings. The van der Waals surface area contributed by atoms with Crippen LogP contribution in [0.1, 0.15) is 19.3 Å². The zero-order valence-corrected chi connectivity index (χ0v) is 15.3. The Labute approximate surface area is 157 Å². The molecule has 0 amide bonds. The minimum atomic E-state index is -1.54. The fraction of sp³-hybridized carbons (Fsp3) is 0.526. The van der Waals surface area contributed by atoms with Gasteiger partial charge < -0.3 is 14.2 Å². The monoisotopic (exact) mass is 373 g/mol. The highest BCUT2D eigenvalue weighted by atomic mass is 16.8. The Bertz CT molecular complexity index is 741. The number of esters is 2. The van der Waals surface area contributed by atoms with E-state index in [0.717, 1.165) is 25.1 Å². The van der Waals surface area contributed by atoms with Gasteiger partial charge >= 0.3 is 17.8 Å². The largest absolute Gasteiger partial charge is 0.492 e. The molecule has 2 fully saturated rings. The van der Waals surface area contributed by atoms with Crippen LogP contribution in [0.4, 0.5) is 5.69 Å². The topological polar surface area (TPSA) is 81.2 Å². The molecule has 0 aromatic carbocycles. The van der Waals surface area contributed by atoms with Gasteiger partial charge in [-0.15, -0.1) is 0 Å². The summed E-state index contributed by atoms with van der Waals surface area (Å²) in [7, 11) is 1.90. The number of rotatable bonds is 4. The van der Waals surface area contributed by atoms with Crippen molar-refractivity contribution in [3.8, 4) is 5.75 Å². The lowest BCUT2D eigenvalue weighted by Gasteiger charge is -2.41. The van der Waals surface area contributed by atoms with Crippen LogP contribution in [-0.4, -0.2) is 61.0 Å². The number of ether oxygens (including phenoxy) is 3. The lowest BCUT2D eigenvalue weighted by molar-refractivity contribution is -0.223. The fourth-order valence-electron chi connectivity index (χ4n) is 3.35. The Kier molecular flexibility index (Phi) is 4.73. The maximum absolute atomic E-state index is 12.1. The van der Waals surface area contributed by atoms with E-state index in [0.29, 0.717) is 30.5 Å². The molecule has 0 N–H and O–H groups in total. The Hall–Kier alpha value is -2.61. The average molecular weight is 373 g/mol. The Morgan fingerprint density at radius 3 is 2.63 bits per heavy atom. The maximum atomic E-state index is 12.1. The van der Waals surface area contributed by atoms with E-state index in [1.807, 2.05) is 18.0 Å². The van der Waals surface area contributed by atoms with E-state index >= 15 is 0 Å². The number of carbonyl (C=O) groups is 2. The van der Waals surface area contributed by atoms with E-state index in [1.165, 1.54) is 12.8 Å². The molecule has 144 valence electrons. The molecular weight excluding hydrogens is 350 g/mol. The van der Waals surface area contributed by atoms with Gasteiger partial charge in [-0.05, 0) is 38.8 Å². The molecule has 2 aliphatic heterocycles. The molecule has 1 saturated carbocycles. The van der Waals surface area contributed by atoms with Crippen molar-refractivity contribution in [2.45, 2.75) is 25.2 Å². The van der Waals surface area contributed by atoms with Gasteiger partial charge in [-0.3, -0.25) is 14.8 Å². The average Bonchev–Trinajstić information content (AvgIpc) is 3.47. The minimum Gasteiger partial charge on any atom is -0.492 e. The Morgan fingerprint density at radius 1 is 1.19 bits per heavy atom. The van der Waals surface area contributed by atoms with Crippen molar-refractivity contribution in [2.75, 3.05) is 38.2 Å². The lowest BCUT2D eigenvalue weighted by Crippen LogP contribution is -2.59. The number of likely N-dealkylation sites (N-methyl/N-ethyl adjacent to an activating group) is 1. The van der Waals surface area contributed by atoms with Gasteiger partial charge in [-0.1, -0.05) is 0 Å². The molecule has 0 atom stereocenters. The van der Waals surface area contributed by atoms with E-state index in [2.05, 4.69) is 4.98 Å². The number of hydrogen-bond donors (Lipinski definition) is 0. The van der Waals surface area contributed by atoms with E-state index in [-0.39, 0.29) is 6.54 Å². The van der Waals surface area contributed by atoms with Gasteiger partial charge in [0.1, 0.15) is 5.75 Å². The summed E-state index contributed by atoms with van der Waals surface area (Å²) >= 11 is 0. The van der Waals surface area contributed by atoms with Gasteiger partial charge in [0, 0.05) is 24.8 Å². The van der Waals surface area contributed by atoms with E-state index < -0.39 is 17.8 Å². The molecule has 0 unspecified atom stereocenters. The molecule has 0 radical (unpaired) electrons. The van der Waals surface area contributed by atoms with Crippen molar-refractivity contribution in [1.82, 2.24) is 9.88 Å². The van der Waals surface area contributed by atoms with Gasteiger partial charge in [-0.2, -0.15) is 0 Å². The van der Waals surface area contributed by atoms with Crippen molar-refractivity contribution in [2.24, 2.45) is 5.92 Å². The summed E-state index contributed by atoms with van der Waals surface area (Å²) in [6, 6.07) is 1.85. The molecule has 27 heavy (non-hydrogen) atoms. The van der Waals surface area contributed by atoms with Crippen molar-refractivity contribution < 1.29 is 23.8 Å². The maximum Gasteiger partial charge on any atom is 0.356 e. The first-order chi connectivity index (χ1) is 13.0. The third-order valence-corrected chi connectivity index (χ3v) is 4.87. The highest BCUT2D eigenvalue weighted by Gasteiger charge is 2.48. The minimum absolute atomic E-state index is 0.235. The van der Waals surface area contributed by atoms with Crippen LogP contribution in [0.2, 0.25) is 0 Å². The van der Waals surface area contributed by atoms with Crippen LogP contribution in [0.25, 0.3) is 0 Å². The molecule has 3 aliphatic rings. The molecule has 1 spiro atoms. The van der Waals surface area contributed by atoms with E-state index in [1.54, 1.807) is 17.3 Å². The smallest absolute Gasteiger partial charge is 0.356 e. The molecule has 4 rings (SSSR count). The van der Waals surface area contributed by atoms with Crippen LogP contribution in [0.3, 0.4) is 0 Å². The predicted octanol–water partition coefficient (Wildman–Crippen LogP) is 1.32. The summed E-state index contributed by atoms with van der Waals surface area (Å²) in [6.07, 6.45) is 8.72. The van der Waals surface area contributed by atoms with Gasteiger partial charge in [0.2, 0.25) is 0 Å². The first-order valence-electron chi connectivity index (χ1n) is 9.22. The summed E-state index contributed by atoms with van der Waals surface area (Å²) < 4.78 is 17.1. The zero-order valence-electron chi connectivity index (χ0n) is 15.3. The van der Waals surface area contributed by atoms with Crippen molar-refractivity contribution in [3.05, 3.63) is 30.6 Å². The van der Waals surface area contributed by atoms with E-state index in [4.69, 9.17) is 14.2 Å². The summed E-state index contributed by atoms with van der Waals surface area (Å²) in [5.41, 5.74) is 0.682. The summed E-state index contributed by atoms with van der Waals surface area (Å²) in [6.45, 7) is 2.23. The SMILES string of the molecule is CN1CCCN(c2cncc(OCC3CC3)c2)C2(C1)OC(=O)C=CC(=O)O2. The van der Waals surface area contributed by atoms with Gasteiger partial charge in [0.25, 0.3) is 0 Å². The second-order valence-electron chi connectivity index (χ2n) is 7.26. The number of aromatic nitrogens is 1. The molecule has 0 bridgehead atoms. The standard InChI is InChI=1S/C19H23N3O5/c1-21-7-2-8-22(19(13-21)26-17(23)5-6-18(24)27-19)15-9-16(11-20-10-15)25-12-14-3-4-14/h5-6,9-11,14H,2-4,7-8,12-13H2,1H3. The number of hydrogen-bond acceptors (Lipinski definition) is 8. The highest BCUT2D eigenvalue weighted by Crippen LogP contribution is 2.34. The Morgan fingerprint density at radius 2 is 1.93 bits per heavy atom. The lowest BCUT2D eigenvalue weighted by atomic mass is 10.2. The van der Waals surface area contributed by atoms with Crippen molar-refractivity contribution >= 4 is 17.6 Å². The number of anilines is 1. The Balaban J connectivity index is 1.66. The number of pyridine rings is 1. The van der Waals surface area contributed by atoms with Crippen LogP contribution in [0.5, 0.6) is 5.75 Å². The first kappa shape index (κ1) is 17.8. The summed E-state index contributed by atoms with van der Waals surface area (Å²) in [4.78, 5) is 32.3. The van der Waals surface area contributed by atoms with Crippen molar-refractivity contribution in [1.29, 1.82) is 0 Å². The molecule has 8 heteroatoms. The molecular formula is C19H23N3O5. The van der Waals surface area contributed by atoms with Crippen LogP contribution < -0.4 is 9.64 Å². The third-order valence-electron chi connectivity index (χ3n) is 4.87. The fourth-order valence-corrected chi connectivity index (χ4v) is 3.35. The summed E-state index contributed by atoms with van der Waals surface area (Å²) in [5.74, 6) is -1.50. The molecule has 3 heterocycles. The second-order valence-corrected chi connectivity index (χ2v) is 7.26.